The number of hydrogen-bond acceptors (Lipinski definition) is 7. The van der Waals surface area contributed by atoms with Crippen molar-refractivity contribution in [2.75, 3.05) is 6.54 Å². The average molecular weight is 398 g/mol. The molecule has 0 aromatic heterocycles. The number of hydrogen-bond donors (Lipinski definition) is 3. The Morgan fingerprint density at radius 3 is 2.04 bits per heavy atom. The molecule has 1 heterocycles. The van der Waals surface area contributed by atoms with Crippen molar-refractivity contribution in [2.24, 2.45) is 11.5 Å². The minimum Gasteiger partial charge on any atom is -0.391 e. The maximum Gasteiger partial charge on any atom is 0.341 e. The van der Waals surface area contributed by atoms with E-state index < -0.39 is 17.5 Å². The van der Waals surface area contributed by atoms with Crippen LogP contribution in [0.2, 0.25) is 0 Å². The highest BCUT2D eigenvalue weighted by atomic mass is 16.6. The smallest absolute Gasteiger partial charge is 0.341 e. The third kappa shape index (κ3) is 7.97. The van der Waals surface area contributed by atoms with Crippen molar-refractivity contribution < 1.29 is 19.1 Å². The molecule has 1 rings (SSSR count). The lowest BCUT2D eigenvalue weighted by atomic mass is 9.87. The largest absolute Gasteiger partial charge is 0.391 e. The second-order valence-electron chi connectivity index (χ2n) is 8.04. The third-order valence-electron chi connectivity index (χ3n) is 5.42. The number of Topliss-reactive ketones (excluding diaryl/α,β-unsaturated/α-hetero) is 1. The van der Waals surface area contributed by atoms with Crippen molar-refractivity contribution in [1.29, 1.82) is 0 Å². The van der Waals surface area contributed by atoms with Crippen molar-refractivity contribution >= 4 is 17.7 Å². The molecule has 3 atom stereocenters. The zero-order valence-corrected chi connectivity index (χ0v) is 17.6. The standard InChI is InChI=1S/C21H39N3O4/c1-3-5-7-10-16(22)14-18(25)21(12-9-13-24-21)20(27)28-19(26)15-17(23)11-8-6-4-2/h16-17,24H,3-15,22-23H2,1-2H3/t16?,17?,21-/m1/s1. The van der Waals surface area contributed by atoms with E-state index in [2.05, 4.69) is 19.2 Å². The van der Waals surface area contributed by atoms with Crippen LogP contribution in [0.4, 0.5) is 0 Å². The van der Waals surface area contributed by atoms with E-state index >= 15 is 0 Å². The van der Waals surface area contributed by atoms with Gasteiger partial charge in [-0.3, -0.25) is 14.9 Å². The van der Waals surface area contributed by atoms with E-state index in [9.17, 15) is 14.4 Å². The van der Waals surface area contributed by atoms with Crippen LogP contribution in [0.25, 0.3) is 0 Å². The Labute approximate surface area is 169 Å². The second kappa shape index (κ2) is 13.0. The molecule has 0 amide bonds. The molecule has 1 aliphatic heterocycles. The monoisotopic (exact) mass is 397 g/mol. The molecule has 0 aromatic carbocycles. The Kier molecular flexibility index (Phi) is 11.5. The molecular formula is C21H39N3O4. The summed E-state index contributed by atoms with van der Waals surface area (Å²) in [6, 6.07) is -0.615. The summed E-state index contributed by atoms with van der Waals surface area (Å²) in [5.41, 5.74) is 10.6. The molecule has 5 N–H and O–H groups in total. The fraction of sp³-hybridized carbons (Fsp3) is 0.857. The van der Waals surface area contributed by atoms with Crippen LogP contribution in [0.15, 0.2) is 0 Å². The summed E-state index contributed by atoms with van der Waals surface area (Å²) >= 11 is 0. The molecule has 0 aliphatic carbocycles. The SMILES string of the molecule is CCCCCC(N)CC(=O)OC(=O)[C@]1(C(=O)CC(N)CCCCC)CCCN1. The molecule has 0 aromatic rings. The van der Waals surface area contributed by atoms with Gasteiger partial charge in [-0.1, -0.05) is 52.4 Å². The van der Waals surface area contributed by atoms with Crippen LogP contribution < -0.4 is 16.8 Å². The molecule has 7 nitrogen and oxygen atoms in total. The first-order chi connectivity index (χ1) is 13.4. The quantitative estimate of drug-likeness (QED) is 0.233. The van der Waals surface area contributed by atoms with Gasteiger partial charge in [-0.15, -0.1) is 0 Å². The average Bonchev–Trinajstić information content (AvgIpc) is 3.13. The number of ether oxygens (including phenoxy) is 1. The van der Waals surface area contributed by atoms with Crippen LogP contribution in [0.1, 0.15) is 90.9 Å². The van der Waals surface area contributed by atoms with Crippen LogP contribution >= 0.6 is 0 Å². The highest BCUT2D eigenvalue weighted by Gasteiger charge is 2.49. The van der Waals surface area contributed by atoms with Crippen molar-refractivity contribution in [2.45, 2.75) is 109 Å². The summed E-state index contributed by atoms with van der Waals surface area (Å²) in [7, 11) is 0. The Bertz CT molecular complexity index is 504. The first-order valence-electron chi connectivity index (χ1n) is 10.9. The maximum atomic E-state index is 12.9. The van der Waals surface area contributed by atoms with E-state index in [0.717, 1.165) is 44.9 Å². The van der Waals surface area contributed by atoms with Gasteiger partial charge in [0.1, 0.15) is 0 Å². The van der Waals surface area contributed by atoms with E-state index in [4.69, 9.17) is 16.2 Å². The lowest BCUT2D eigenvalue weighted by molar-refractivity contribution is -0.165. The Balaban J connectivity index is 2.59. The zero-order chi connectivity index (χ0) is 21.0. The second-order valence-corrected chi connectivity index (χ2v) is 8.04. The molecule has 162 valence electrons. The lowest BCUT2D eigenvalue weighted by Crippen LogP contribution is -2.56. The number of carbonyl (C=O) groups is 3. The topological polar surface area (TPSA) is 125 Å². The third-order valence-corrected chi connectivity index (χ3v) is 5.42. The minimum absolute atomic E-state index is 0.0176. The first-order valence-corrected chi connectivity index (χ1v) is 10.9. The molecule has 0 spiro atoms. The number of nitrogens with two attached hydrogens (primary N) is 2. The lowest BCUT2D eigenvalue weighted by Gasteiger charge is -2.26. The Morgan fingerprint density at radius 1 is 0.964 bits per heavy atom. The summed E-state index contributed by atoms with van der Waals surface area (Å²) < 4.78 is 5.03. The fourth-order valence-electron chi connectivity index (χ4n) is 3.65. The number of nitrogens with one attached hydrogen (secondary N) is 1. The molecule has 1 saturated heterocycles. The van der Waals surface area contributed by atoms with Gasteiger partial charge in [-0.05, 0) is 32.2 Å². The van der Waals surface area contributed by atoms with Gasteiger partial charge < -0.3 is 16.2 Å². The van der Waals surface area contributed by atoms with E-state index in [1.165, 1.54) is 0 Å². The van der Waals surface area contributed by atoms with Crippen molar-refractivity contribution in [3.63, 3.8) is 0 Å². The highest BCUT2D eigenvalue weighted by molar-refractivity contribution is 6.11. The minimum atomic E-state index is -1.44. The fourth-order valence-corrected chi connectivity index (χ4v) is 3.65. The molecule has 28 heavy (non-hydrogen) atoms. The summed E-state index contributed by atoms with van der Waals surface area (Å²) in [6.45, 7) is 4.74. The van der Waals surface area contributed by atoms with Gasteiger partial charge in [0.15, 0.2) is 11.3 Å². The number of rotatable bonds is 14. The predicted octanol–water partition coefficient (Wildman–Crippen LogP) is 2.34. The number of esters is 2. The molecule has 1 aliphatic rings. The molecule has 0 radical (unpaired) electrons. The van der Waals surface area contributed by atoms with Crippen LogP contribution in [0.5, 0.6) is 0 Å². The molecular weight excluding hydrogens is 358 g/mol. The van der Waals surface area contributed by atoms with Gasteiger partial charge in [-0.2, -0.15) is 0 Å². The van der Waals surface area contributed by atoms with Crippen molar-refractivity contribution in [1.82, 2.24) is 5.32 Å². The number of ketones is 1. The van der Waals surface area contributed by atoms with Gasteiger partial charge in [-0.25, -0.2) is 4.79 Å². The molecule has 7 heteroatoms. The van der Waals surface area contributed by atoms with Crippen molar-refractivity contribution in [3.8, 4) is 0 Å². The maximum absolute atomic E-state index is 12.9. The van der Waals surface area contributed by atoms with Crippen LogP contribution in [0.3, 0.4) is 0 Å². The van der Waals surface area contributed by atoms with E-state index in [1.54, 1.807) is 0 Å². The van der Waals surface area contributed by atoms with Crippen LogP contribution in [-0.4, -0.2) is 41.9 Å². The molecule has 2 unspecified atom stereocenters. The van der Waals surface area contributed by atoms with Gasteiger partial charge >= 0.3 is 11.9 Å². The number of unbranched alkanes of at least 4 members (excludes halogenated alkanes) is 4. The van der Waals surface area contributed by atoms with E-state index in [0.29, 0.717) is 25.8 Å². The molecule has 0 saturated carbocycles. The number of carbonyl (C=O) groups excluding carboxylic acids is 3. The Morgan fingerprint density at radius 2 is 1.54 bits per heavy atom. The van der Waals surface area contributed by atoms with E-state index in [1.807, 2.05) is 0 Å². The normalized spacial score (nSPS) is 21.3. The summed E-state index contributed by atoms with van der Waals surface area (Å²) in [5.74, 6) is -1.75. The van der Waals surface area contributed by atoms with E-state index in [-0.39, 0.29) is 30.7 Å². The summed E-state index contributed by atoms with van der Waals surface area (Å²) in [6.07, 6.45) is 8.76. The van der Waals surface area contributed by atoms with Crippen LogP contribution in [-0.2, 0) is 19.1 Å². The molecule has 1 fully saturated rings. The molecule has 0 bridgehead atoms. The van der Waals surface area contributed by atoms with Gasteiger partial charge in [0, 0.05) is 18.5 Å². The summed E-state index contributed by atoms with van der Waals surface area (Å²) in [5, 5.41) is 2.98. The van der Waals surface area contributed by atoms with Crippen molar-refractivity contribution in [3.05, 3.63) is 0 Å². The van der Waals surface area contributed by atoms with Crippen LogP contribution in [0, 0.1) is 0 Å². The predicted molar refractivity (Wildman–Crippen MR) is 110 cm³/mol. The zero-order valence-electron chi connectivity index (χ0n) is 17.6. The van der Waals surface area contributed by atoms with Gasteiger partial charge in [0.25, 0.3) is 0 Å². The first kappa shape index (κ1) is 24.7. The Hall–Kier alpha value is -1.31. The summed E-state index contributed by atoms with van der Waals surface area (Å²) in [4.78, 5) is 37.7. The van der Waals surface area contributed by atoms with Gasteiger partial charge in [0.2, 0.25) is 0 Å². The van der Waals surface area contributed by atoms with Gasteiger partial charge in [0.05, 0.1) is 6.42 Å². The highest BCUT2D eigenvalue weighted by Crippen LogP contribution is 2.25.